The van der Waals surface area contributed by atoms with Crippen molar-refractivity contribution in [1.82, 2.24) is 20.6 Å². The number of benzene rings is 1. The van der Waals surface area contributed by atoms with Gasteiger partial charge in [-0.25, -0.2) is 14.4 Å². The van der Waals surface area contributed by atoms with Crippen LogP contribution in [-0.2, 0) is 0 Å². The Labute approximate surface area is 213 Å². The predicted octanol–water partition coefficient (Wildman–Crippen LogP) is 4.44. The lowest BCUT2D eigenvalue weighted by Gasteiger charge is -2.32. The zero-order valence-corrected chi connectivity index (χ0v) is 21.2. The average Bonchev–Trinajstić information content (AvgIpc) is 3.23. The Kier molecular flexibility index (Phi) is 7.36. The van der Waals surface area contributed by atoms with E-state index in [1.54, 1.807) is 6.07 Å². The zero-order chi connectivity index (χ0) is 25.1. The SMILES string of the molecule is Cc1c(C(=O)NCC2(O)CCCCC2)sc2ncnc(Nc3ccc(F)cc3OC3CCCNC3)c12. The number of fused-ring (bicyclic) bond motifs is 1. The molecule has 8 nitrogen and oxygen atoms in total. The molecular formula is C26H32FN5O3S. The summed E-state index contributed by atoms with van der Waals surface area (Å²) in [6.07, 6.45) is 7.80. The number of hydrogen-bond acceptors (Lipinski definition) is 8. The Morgan fingerprint density at radius 3 is 2.89 bits per heavy atom. The van der Waals surface area contributed by atoms with E-state index in [4.69, 9.17) is 4.74 Å². The molecule has 1 aliphatic carbocycles. The molecular weight excluding hydrogens is 481 g/mol. The van der Waals surface area contributed by atoms with Gasteiger partial charge in [-0.3, -0.25) is 4.79 Å². The van der Waals surface area contributed by atoms with Gasteiger partial charge in [-0.05, 0) is 56.8 Å². The second-order valence-corrected chi connectivity index (χ2v) is 10.8. The largest absolute Gasteiger partial charge is 0.487 e. The maximum Gasteiger partial charge on any atom is 0.261 e. The molecule has 4 N–H and O–H groups in total. The lowest BCUT2D eigenvalue weighted by atomic mass is 9.85. The monoisotopic (exact) mass is 513 g/mol. The number of nitrogens with zero attached hydrogens (tertiary/aromatic N) is 2. The molecule has 0 radical (unpaired) electrons. The Hall–Kier alpha value is -2.82. The van der Waals surface area contributed by atoms with Crippen molar-refractivity contribution in [3.8, 4) is 5.75 Å². The number of aryl methyl sites for hydroxylation is 1. The molecule has 1 unspecified atom stereocenters. The molecule has 1 aromatic carbocycles. The molecule has 3 aromatic rings. The summed E-state index contributed by atoms with van der Waals surface area (Å²) >= 11 is 1.29. The maximum atomic E-state index is 14.1. The molecule has 10 heteroatoms. The number of ether oxygens (including phenoxy) is 1. The Morgan fingerprint density at radius 2 is 2.11 bits per heavy atom. The van der Waals surface area contributed by atoms with Crippen LogP contribution < -0.4 is 20.7 Å². The molecule has 3 heterocycles. The number of halogens is 1. The van der Waals surface area contributed by atoms with E-state index < -0.39 is 5.60 Å². The number of anilines is 2. The van der Waals surface area contributed by atoms with Gasteiger partial charge in [0.1, 0.15) is 34.6 Å². The van der Waals surface area contributed by atoms with E-state index in [1.165, 1.54) is 29.8 Å². The van der Waals surface area contributed by atoms with E-state index in [1.807, 2.05) is 6.92 Å². The van der Waals surface area contributed by atoms with Gasteiger partial charge >= 0.3 is 0 Å². The van der Waals surface area contributed by atoms with E-state index in [9.17, 15) is 14.3 Å². The van der Waals surface area contributed by atoms with E-state index >= 15 is 0 Å². The standard InChI is InChI=1S/C26H32FN5O3S/c1-16-21-23(32-19-8-7-17(27)12-20(19)35-18-6-5-11-28-13-18)30-15-31-25(21)36-22(16)24(33)29-14-26(34)9-3-2-4-10-26/h7-8,12,15,18,28,34H,2-6,9-11,13-14H2,1H3,(H,29,33)(H,30,31,32). The lowest BCUT2D eigenvalue weighted by Crippen LogP contribution is -2.44. The summed E-state index contributed by atoms with van der Waals surface area (Å²) in [6, 6.07) is 4.39. The van der Waals surface area contributed by atoms with Gasteiger partial charge in [-0.1, -0.05) is 19.3 Å². The van der Waals surface area contributed by atoms with Crippen molar-refractivity contribution in [1.29, 1.82) is 0 Å². The van der Waals surface area contributed by atoms with E-state index in [-0.39, 0.29) is 24.4 Å². The second-order valence-electron chi connectivity index (χ2n) is 9.78. The van der Waals surface area contributed by atoms with Crippen LogP contribution in [0.4, 0.5) is 15.9 Å². The molecule has 1 atom stereocenters. The second kappa shape index (κ2) is 10.7. The molecule has 1 aliphatic heterocycles. The number of piperidine rings is 1. The molecule has 2 fully saturated rings. The normalized spacial score (nSPS) is 19.7. The highest BCUT2D eigenvalue weighted by molar-refractivity contribution is 7.20. The van der Waals surface area contributed by atoms with Gasteiger partial charge < -0.3 is 25.8 Å². The maximum absolute atomic E-state index is 14.1. The van der Waals surface area contributed by atoms with E-state index in [2.05, 4.69) is 25.9 Å². The summed E-state index contributed by atoms with van der Waals surface area (Å²) in [5.41, 5.74) is 0.517. The molecule has 1 amide bonds. The summed E-state index contributed by atoms with van der Waals surface area (Å²) < 4.78 is 20.2. The van der Waals surface area contributed by atoms with Crippen molar-refractivity contribution in [2.75, 3.05) is 25.0 Å². The summed E-state index contributed by atoms with van der Waals surface area (Å²) in [6.45, 7) is 3.78. The van der Waals surface area contributed by atoms with Gasteiger partial charge in [-0.2, -0.15) is 0 Å². The third-order valence-electron chi connectivity index (χ3n) is 7.04. The van der Waals surface area contributed by atoms with Crippen LogP contribution in [0, 0.1) is 12.7 Å². The number of hydrogen-bond donors (Lipinski definition) is 4. The number of nitrogens with one attached hydrogen (secondary N) is 3. The first-order chi connectivity index (χ1) is 17.4. The van der Waals surface area contributed by atoms with Crippen LogP contribution in [0.1, 0.15) is 60.2 Å². The van der Waals surface area contributed by atoms with Gasteiger partial charge in [-0.15, -0.1) is 11.3 Å². The smallest absolute Gasteiger partial charge is 0.261 e. The molecule has 2 aliphatic rings. The minimum absolute atomic E-state index is 0.0383. The number of carbonyl (C=O) groups is 1. The number of thiophene rings is 1. The number of carbonyl (C=O) groups excluding carboxylic acids is 1. The third-order valence-corrected chi connectivity index (χ3v) is 8.24. The number of rotatable bonds is 7. The highest BCUT2D eigenvalue weighted by atomic mass is 32.1. The van der Waals surface area contributed by atoms with Crippen LogP contribution in [-0.4, -0.2) is 52.3 Å². The summed E-state index contributed by atoms with van der Waals surface area (Å²) in [5.74, 6) is 0.340. The summed E-state index contributed by atoms with van der Waals surface area (Å²) in [4.78, 5) is 23.1. The molecule has 36 heavy (non-hydrogen) atoms. The molecule has 2 aromatic heterocycles. The quantitative estimate of drug-likeness (QED) is 0.370. The first-order valence-electron chi connectivity index (χ1n) is 12.6. The fraction of sp³-hybridized carbons (Fsp3) is 0.500. The predicted molar refractivity (Wildman–Crippen MR) is 139 cm³/mol. The first kappa shape index (κ1) is 24.9. The zero-order valence-electron chi connectivity index (χ0n) is 20.4. The average molecular weight is 514 g/mol. The Bertz CT molecular complexity index is 1240. The lowest BCUT2D eigenvalue weighted by molar-refractivity contribution is 0.00529. The molecule has 192 valence electrons. The minimum atomic E-state index is -0.835. The first-order valence-corrected chi connectivity index (χ1v) is 13.4. The van der Waals surface area contributed by atoms with Crippen molar-refractivity contribution in [3.05, 3.63) is 40.8 Å². The molecule has 1 saturated carbocycles. The van der Waals surface area contributed by atoms with Gasteiger partial charge in [0.25, 0.3) is 5.91 Å². The fourth-order valence-electron chi connectivity index (χ4n) is 5.02. The molecule has 5 rings (SSSR count). The summed E-state index contributed by atoms with van der Waals surface area (Å²) in [5, 5.41) is 21.0. The summed E-state index contributed by atoms with van der Waals surface area (Å²) in [7, 11) is 0. The van der Waals surface area contributed by atoms with Gasteiger partial charge in [0.2, 0.25) is 0 Å². The van der Waals surface area contributed by atoms with E-state index in [0.717, 1.165) is 49.6 Å². The third kappa shape index (κ3) is 5.45. The Morgan fingerprint density at radius 1 is 1.28 bits per heavy atom. The topological polar surface area (TPSA) is 108 Å². The van der Waals surface area contributed by atoms with Crippen molar-refractivity contribution in [2.45, 2.75) is 63.6 Å². The highest BCUT2D eigenvalue weighted by Crippen LogP contribution is 2.37. The van der Waals surface area contributed by atoms with Crippen LogP contribution in [0.2, 0.25) is 0 Å². The van der Waals surface area contributed by atoms with Crippen LogP contribution >= 0.6 is 11.3 Å². The fourth-order valence-corrected chi connectivity index (χ4v) is 6.08. The molecule has 0 spiro atoms. The number of aliphatic hydroxyl groups is 1. The number of amides is 1. The van der Waals surface area contributed by atoms with Crippen molar-refractivity contribution >= 4 is 39.0 Å². The highest BCUT2D eigenvalue weighted by Gasteiger charge is 2.30. The van der Waals surface area contributed by atoms with Gasteiger partial charge in [0, 0.05) is 19.2 Å². The van der Waals surface area contributed by atoms with Crippen molar-refractivity contribution in [3.63, 3.8) is 0 Å². The molecule has 1 saturated heterocycles. The molecule has 0 bridgehead atoms. The minimum Gasteiger partial charge on any atom is -0.487 e. The van der Waals surface area contributed by atoms with Crippen LogP contribution in [0.5, 0.6) is 5.75 Å². The van der Waals surface area contributed by atoms with Crippen LogP contribution in [0.3, 0.4) is 0 Å². The number of aromatic nitrogens is 2. The van der Waals surface area contributed by atoms with Gasteiger partial charge in [0.15, 0.2) is 0 Å². The van der Waals surface area contributed by atoms with E-state index in [0.29, 0.717) is 46.3 Å². The van der Waals surface area contributed by atoms with Crippen molar-refractivity contribution in [2.24, 2.45) is 0 Å². The van der Waals surface area contributed by atoms with Gasteiger partial charge in [0.05, 0.1) is 21.6 Å². The van der Waals surface area contributed by atoms with Crippen LogP contribution in [0.15, 0.2) is 24.5 Å². The van der Waals surface area contributed by atoms with Crippen LogP contribution in [0.25, 0.3) is 10.2 Å². The Balaban J connectivity index is 1.38. The van der Waals surface area contributed by atoms with Crippen molar-refractivity contribution < 1.29 is 19.0 Å².